The van der Waals surface area contributed by atoms with Gasteiger partial charge in [0.1, 0.15) is 6.04 Å². The van der Waals surface area contributed by atoms with E-state index < -0.39 is 0 Å². The lowest BCUT2D eigenvalue weighted by Crippen LogP contribution is -2.50. The van der Waals surface area contributed by atoms with Gasteiger partial charge in [0.05, 0.1) is 5.69 Å². The molecule has 0 spiro atoms. The van der Waals surface area contributed by atoms with Crippen LogP contribution in [0.25, 0.3) is 5.69 Å². The van der Waals surface area contributed by atoms with E-state index in [9.17, 15) is 9.59 Å². The zero-order valence-electron chi connectivity index (χ0n) is 24.2. The fraction of sp³-hybridized carbons (Fsp3) is 0.353. The Morgan fingerprint density at radius 2 is 1.61 bits per heavy atom. The van der Waals surface area contributed by atoms with Crippen LogP contribution in [0.1, 0.15) is 54.6 Å². The highest BCUT2D eigenvalue weighted by molar-refractivity contribution is 5.95. The van der Waals surface area contributed by atoms with Crippen molar-refractivity contribution in [3.8, 4) is 5.69 Å². The Labute approximate surface area is 242 Å². The predicted octanol–water partition coefficient (Wildman–Crippen LogP) is 5.52. The highest BCUT2D eigenvalue weighted by Gasteiger charge is 2.31. The van der Waals surface area contributed by atoms with Crippen LogP contribution in [-0.2, 0) is 17.6 Å². The number of hydrogen-bond donors (Lipinski definition) is 1. The summed E-state index contributed by atoms with van der Waals surface area (Å²) in [6.45, 7) is 9.27. The monoisotopic (exact) mass is 549 g/mol. The minimum atomic E-state index is -0.354. The Kier molecular flexibility index (Phi) is 7.54. The molecule has 1 unspecified atom stereocenters. The number of fused-ring (bicyclic) bond motifs is 1. The molecule has 0 saturated carbocycles. The lowest BCUT2D eigenvalue weighted by atomic mass is 10.0. The van der Waals surface area contributed by atoms with Crippen LogP contribution in [-0.4, -0.2) is 46.1 Å². The maximum absolute atomic E-state index is 13.8. The van der Waals surface area contributed by atoms with Gasteiger partial charge in [0.2, 0.25) is 5.91 Å². The Balaban J connectivity index is 1.17. The number of imidazole rings is 1. The van der Waals surface area contributed by atoms with E-state index in [4.69, 9.17) is 0 Å². The molecule has 0 bridgehead atoms. The number of carbonyl (C=O) groups is 1. The molecule has 7 heteroatoms. The molecule has 6 rings (SSSR count). The summed E-state index contributed by atoms with van der Waals surface area (Å²) >= 11 is 0. The molecule has 1 aromatic heterocycles. The summed E-state index contributed by atoms with van der Waals surface area (Å²) in [6, 6.07) is 22.5. The van der Waals surface area contributed by atoms with Crippen LogP contribution in [0.3, 0.4) is 0 Å². The van der Waals surface area contributed by atoms with Crippen LogP contribution < -0.4 is 15.9 Å². The van der Waals surface area contributed by atoms with Gasteiger partial charge in [0.25, 0.3) is 0 Å². The van der Waals surface area contributed by atoms with Crippen molar-refractivity contribution in [2.75, 3.05) is 36.4 Å². The third-order valence-corrected chi connectivity index (χ3v) is 8.57. The lowest BCUT2D eigenvalue weighted by Gasteiger charge is -2.40. The van der Waals surface area contributed by atoms with Crippen molar-refractivity contribution >= 4 is 17.3 Å². The first-order chi connectivity index (χ1) is 19.9. The summed E-state index contributed by atoms with van der Waals surface area (Å²) < 4.78 is 3.47. The Morgan fingerprint density at radius 1 is 0.854 bits per heavy atom. The van der Waals surface area contributed by atoms with Crippen molar-refractivity contribution in [1.82, 2.24) is 14.0 Å². The number of hydrogen-bond acceptors (Lipinski definition) is 4. The Hall–Kier alpha value is -4.10. The summed E-state index contributed by atoms with van der Waals surface area (Å²) in [6.07, 6.45) is 7.11. The fourth-order valence-electron chi connectivity index (χ4n) is 6.34. The highest BCUT2D eigenvalue weighted by Crippen LogP contribution is 2.29. The van der Waals surface area contributed by atoms with E-state index in [0.717, 1.165) is 67.2 Å². The molecule has 1 N–H and O–H groups in total. The number of nitrogens with one attached hydrogen (secondary N) is 1. The van der Waals surface area contributed by atoms with Gasteiger partial charge in [-0.05, 0) is 92.6 Å². The van der Waals surface area contributed by atoms with Gasteiger partial charge in [-0.1, -0.05) is 36.4 Å². The second-order valence-corrected chi connectivity index (χ2v) is 11.6. The van der Waals surface area contributed by atoms with Crippen molar-refractivity contribution < 1.29 is 4.79 Å². The molecule has 1 saturated heterocycles. The average Bonchev–Trinajstić information content (AvgIpc) is 3.60. The predicted molar refractivity (Wildman–Crippen MR) is 165 cm³/mol. The molecule has 1 fully saturated rings. The smallest absolute Gasteiger partial charge is 0.332 e. The Morgan fingerprint density at radius 3 is 2.32 bits per heavy atom. The number of benzene rings is 3. The molecule has 4 aromatic rings. The second-order valence-electron chi connectivity index (χ2n) is 11.6. The summed E-state index contributed by atoms with van der Waals surface area (Å²) in [5, 5.41) is 3.23. The molecule has 212 valence electrons. The highest BCUT2D eigenvalue weighted by atomic mass is 16.2. The van der Waals surface area contributed by atoms with E-state index in [1.54, 1.807) is 9.13 Å². The molecule has 2 heterocycles. The normalized spacial score (nSPS) is 16.1. The minimum Gasteiger partial charge on any atom is -0.369 e. The van der Waals surface area contributed by atoms with Gasteiger partial charge in [-0.25, -0.2) is 4.79 Å². The number of rotatable bonds is 7. The van der Waals surface area contributed by atoms with Gasteiger partial charge < -0.3 is 10.2 Å². The first kappa shape index (κ1) is 27.1. The molecule has 1 atom stereocenters. The number of anilines is 2. The summed E-state index contributed by atoms with van der Waals surface area (Å²) in [5.74, 6) is 0.0153. The number of aromatic nitrogens is 2. The number of piperazine rings is 1. The molecule has 0 radical (unpaired) electrons. The minimum absolute atomic E-state index is 0.0153. The van der Waals surface area contributed by atoms with E-state index >= 15 is 0 Å². The van der Waals surface area contributed by atoms with Crippen LogP contribution >= 0.6 is 0 Å². The third-order valence-electron chi connectivity index (χ3n) is 8.57. The summed E-state index contributed by atoms with van der Waals surface area (Å²) in [7, 11) is 0. The zero-order valence-corrected chi connectivity index (χ0v) is 24.2. The second kappa shape index (κ2) is 11.4. The molecule has 41 heavy (non-hydrogen) atoms. The van der Waals surface area contributed by atoms with Crippen molar-refractivity contribution in [3.63, 3.8) is 0 Å². The van der Waals surface area contributed by atoms with Crippen LogP contribution in [0.5, 0.6) is 0 Å². The molecule has 2 aliphatic rings. The van der Waals surface area contributed by atoms with Crippen molar-refractivity contribution in [1.29, 1.82) is 0 Å². The fourth-order valence-corrected chi connectivity index (χ4v) is 6.34. The summed E-state index contributed by atoms with van der Waals surface area (Å²) in [5.41, 5.74) is 7.75. The SMILES string of the molecule is Cc1cc(N2CCN(C(C(=O)Nc3ccc4c(c3)CCC4)c3ccccc3)CC2)ccc1-n1ccn(C(C)C)c1=O. The number of aryl methyl sites for hydroxylation is 3. The average molecular weight is 550 g/mol. The lowest BCUT2D eigenvalue weighted by molar-refractivity contribution is -0.121. The third kappa shape index (κ3) is 5.46. The molecular weight excluding hydrogens is 510 g/mol. The van der Waals surface area contributed by atoms with Crippen LogP contribution in [0.2, 0.25) is 0 Å². The van der Waals surface area contributed by atoms with Gasteiger partial charge in [0, 0.05) is 56.0 Å². The van der Waals surface area contributed by atoms with E-state index in [-0.39, 0.29) is 23.7 Å². The van der Waals surface area contributed by atoms with Gasteiger partial charge in [0.15, 0.2) is 0 Å². The first-order valence-electron chi connectivity index (χ1n) is 14.8. The van der Waals surface area contributed by atoms with E-state index in [2.05, 4.69) is 58.4 Å². The standard InChI is InChI=1S/C34H39N5O2/c1-24(2)38-20-21-39(34(38)41)31-15-14-30(22-25(31)3)36-16-18-37(19-17-36)32(27-8-5-4-6-9-27)33(40)35-29-13-12-26-10-7-11-28(26)23-29/h4-6,8-9,12-15,20-24,32H,7,10-11,16-19H2,1-3H3,(H,35,40). The van der Waals surface area contributed by atoms with Crippen molar-refractivity contribution in [2.45, 2.75) is 52.1 Å². The molecule has 1 aliphatic carbocycles. The van der Waals surface area contributed by atoms with E-state index in [0.29, 0.717) is 0 Å². The van der Waals surface area contributed by atoms with Crippen LogP contribution in [0.15, 0.2) is 83.9 Å². The molecule has 7 nitrogen and oxygen atoms in total. The van der Waals surface area contributed by atoms with E-state index in [1.807, 2.05) is 56.6 Å². The number of carbonyl (C=O) groups excluding carboxylic acids is 1. The van der Waals surface area contributed by atoms with Crippen LogP contribution in [0, 0.1) is 6.92 Å². The molecular formula is C34H39N5O2. The van der Waals surface area contributed by atoms with Gasteiger partial charge in [-0.2, -0.15) is 0 Å². The van der Waals surface area contributed by atoms with Gasteiger partial charge in [-0.15, -0.1) is 0 Å². The topological polar surface area (TPSA) is 62.5 Å². The number of nitrogens with zero attached hydrogens (tertiary/aromatic N) is 4. The van der Waals surface area contributed by atoms with Gasteiger partial charge in [-0.3, -0.25) is 18.8 Å². The van der Waals surface area contributed by atoms with Gasteiger partial charge >= 0.3 is 5.69 Å². The quantitative estimate of drug-likeness (QED) is 0.330. The molecule has 1 amide bonds. The van der Waals surface area contributed by atoms with Crippen LogP contribution in [0.4, 0.5) is 11.4 Å². The van der Waals surface area contributed by atoms with Crippen molar-refractivity contribution in [3.05, 3.63) is 112 Å². The first-order valence-corrected chi connectivity index (χ1v) is 14.8. The molecule has 3 aromatic carbocycles. The van der Waals surface area contributed by atoms with E-state index in [1.165, 1.54) is 17.5 Å². The zero-order chi connectivity index (χ0) is 28.5. The number of amides is 1. The van der Waals surface area contributed by atoms with Crippen molar-refractivity contribution in [2.24, 2.45) is 0 Å². The maximum Gasteiger partial charge on any atom is 0.332 e. The molecule has 1 aliphatic heterocycles. The summed E-state index contributed by atoms with van der Waals surface area (Å²) in [4.78, 5) is 31.3. The Bertz CT molecular complexity index is 1600. The maximum atomic E-state index is 13.8. The largest absolute Gasteiger partial charge is 0.369 e.